The van der Waals surface area contributed by atoms with Gasteiger partial charge in [-0.1, -0.05) is 6.42 Å². The Labute approximate surface area is 197 Å². The molecule has 0 aliphatic carbocycles. The van der Waals surface area contributed by atoms with E-state index >= 15 is 0 Å². The SMILES string of the molecule is Cc1nnc(CN=C(NCC2CCCO2)N2CCC(CN3CCCCC3)C2)n1C.I. The minimum atomic E-state index is 0. The van der Waals surface area contributed by atoms with Crippen LogP contribution in [0.2, 0.25) is 0 Å². The molecule has 0 aromatic carbocycles. The monoisotopic (exact) mass is 531 g/mol. The Morgan fingerprint density at radius 1 is 1.13 bits per heavy atom. The number of nitrogens with zero attached hydrogens (tertiary/aromatic N) is 6. The number of aliphatic imine (C=N–C) groups is 1. The summed E-state index contributed by atoms with van der Waals surface area (Å²) < 4.78 is 7.82. The molecule has 1 aromatic heterocycles. The second-order valence-corrected chi connectivity index (χ2v) is 8.84. The lowest BCUT2D eigenvalue weighted by molar-refractivity contribution is 0.113. The smallest absolute Gasteiger partial charge is 0.194 e. The molecule has 3 aliphatic heterocycles. The Kier molecular flexibility index (Phi) is 9.18. The summed E-state index contributed by atoms with van der Waals surface area (Å²) >= 11 is 0. The molecule has 3 saturated heterocycles. The fourth-order valence-electron chi connectivity index (χ4n) is 4.69. The van der Waals surface area contributed by atoms with Gasteiger partial charge in [-0.2, -0.15) is 0 Å². The largest absolute Gasteiger partial charge is 0.376 e. The number of guanidine groups is 1. The molecule has 170 valence electrons. The van der Waals surface area contributed by atoms with Crippen molar-refractivity contribution in [1.82, 2.24) is 29.9 Å². The first-order valence-corrected chi connectivity index (χ1v) is 11.4. The molecule has 4 heterocycles. The number of aryl methyl sites for hydroxylation is 1. The lowest BCUT2D eigenvalue weighted by Gasteiger charge is -2.29. The van der Waals surface area contributed by atoms with Gasteiger partial charge < -0.3 is 24.4 Å². The Morgan fingerprint density at radius 2 is 1.97 bits per heavy atom. The van der Waals surface area contributed by atoms with E-state index in [-0.39, 0.29) is 24.0 Å². The highest BCUT2D eigenvalue weighted by molar-refractivity contribution is 14.0. The van der Waals surface area contributed by atoms with Gasteiger partial charge in [-0.05, 0) is 58.0 Å². The standard InChI is InChI=1S/C21H37N7O.HI/c1-17-24-25-20(26(17)2)14-23-21(22-13-19-7-6-12-29-19)28-11-8-18(16-28)15-27-9-4-3-5-10-27;/h18-19H,3-16H2,1-2H3,(H,22,23);1H. The van der Waals surface area contributed by atoms with E-state index in [2.05, 4.69) is 25.3 Å². The summed E-state index contributed by atoms with van der Waals surface area (Å²) in [6.45, 7) is 10.2. The van der Waals surface area contributed by atoms with Gasteiger partial charge in [0.25, 0.3) is 0 Å². The van der Waals surface area contributed by atoms with Gasteiger partial charge in [-0.3, -0.25) is 0 Å². The van der Waals surface area contributed by atoms with Crippen LogP contribution in [0.15, 0.2) is 4.99 Å². The van der Waals surface area contributed by atoms with Gasteiger partial charge in [0, 0.05) is 39.8 Å². The Balaban J connectivity index is 0.00000256. The molecule has 9 heteroatoms. The summed E-state index contributed by atoms with van der Waals surface area (Å²) in [6.07, 6.45) is 7.99. The van der Waals surface area contributed by atoms with E-state index in [1.54, 1.807) is 0 Å². The molecule has 4 rings (SSSR count). The van der Waals surface area contributed by atoms with E-state index in [4.69, 9.17) is 9.73 Å². The summed E-state index contributed by atoms with van der Waals surface area (Å²) in [5.41, 5.74) is 0. The molecule has 0 radical (unpaired) electrons. The molecular formula is C21H38IN7O. The average Bonchev–Trinajstić information content (AvgIpc) is 3.48. The molecule has 3 fully saturated rings. The Hall–Kier alpha value is -0.940. The molecule has 2 unspecified atom stereocenters. The minimum Gasteiger partial charge on any atom is -0.376 e. The fraction of sp³-hybridized carbons (Fsp3) is 0.857. The van der Waals surface area contributed by atoms with Crippen molar-refractivity contribution in [2.45, 2.75) is 58.1 Å². The maximum absolute atomic E-state index is 5.80. The van der Waals surface area contributed by atoms with Gasteiger partial charge in [0.1, 0.15) is 12.4 Å². The van der Waals surface area contributed by atoms with Crippen molar-refractivity contribution in [2.75, 3.05) is 45.9 Å². The van der Waals surface area contributed by atoms with Crippen molar-refractivity contribution >= 4 is 29.9 Å². The summed E-state index contributed by atoms with van der Waals surface area (Å²) in [6, 6.07) is 0. The number of ether oxygens (including phenoxy) is 1. The van der Waals surface area contributed by atoms with Gasteiger partial charge in [-0.25, -0.2) is 4.99 Å². The minimum absolute atomic E-state index is 0. The van der Waals surface area contributed by atoms with Crippen LogP contribution in [-0.2, 0) is 18.3 Å². The van der Waals surface area contributed by atoms with Gasteiger partial charge in [-0.15, -0.1) is 34.2 Å². The van der Waals surface area contributed by atoms with E-state index in [0.717, 1.165) is 56.2 Å². The van der Waals surface area contributed by atoms with Crippen LogP contribution in [0.5, 0.6) is 0 Å². The molecule has 0 saturated carbocycles. The molecule has 0 amide bonds. The molecule has 8 nitrogen and oxygen atoms in total. The third-order valence-electron chi connectivity index (χ3n) is 6.62. The van der Waals surface area contributed by atoms with Crippen LogP contribution in [0.3, 0.4) is 0 Å². The number of halogens is 1. The van der Waals surface area contributed by atoms with E-state index in [0.29, 0.717) is 12.6 Å². The molecule has 2 atom stereocenters. The molecule has 0 bridgehead atoms. The summed E-state index contributed by atoms with van der Waals surface area (Å²) in [5, 5.41) is 12.0. The number of hydrogen-bond donors (Lipinski definition) is 1. The lowest BCUT2D eigenvalue weighted by atomic mass is 10.1. The highest BCUT2D eigenvalue weighted by atomic mass is 127. The van der Waals surface area contributed by atoms with Crippen LogP contribution in [0.1, 0.15) is 50.2 Å². The lowest BCUT2D eigenvalue weighted by Crippen LogP contribution is -2.44. The van der Waals surface area contributed by atoms with E-state index in [1.807, 2.05) is 18.5 Å². The summed E-state index contributed by atoms with van der Waals surface area (Å²) in [7, 11) is 2.00. The number of aromatic nitrogens is 3. The third kappa shape index (κ3) is 6.29. The summed E-state index contributed by atoms with van der Waals surface area (Å²) in [5.74, 6) is 3.57. The van der Waals surface area contributed by atoms with Gasteiger partial charge >= 0.3 is 0 Å². The van der Waals surface area contributed by atoms with Crippen molar-refractivity contribution < 1.29 is 4.74 Å². The first-order valence-electron chi connectivity index (χ1n) is 11.4. The Bertz CT molecular complexity index is 683. The van der Waals surface area contributed by atoms with Crippen LogP contribution in [0, 0.1) is 12.8 Å². The first kappa shape index (κ1) is 23.7. The van der Waals surface area contributed by atoms with E-state index in [1.165, 1.54) is 51.7 Å². The van der Waals surface area contributed by atoms with Crippen molar-refractivity contribution in [3.8, 4) is 0 Å². The summed E-state index contributed by atoms with van der Waals surface area (Å²) in [4.78, 5) is 10.0. The second-order valence-electron chi connectivity index (χ2n) is 8.84. The molecule has 30 heavy (non-hydrogen) atoms. The van der Waals surface area contributed by atoms with Crippen LogP contribution < -0.4 is 5.32 Å². The van der Waals surface area contributed by atoms with Crippen LogP contribution in [-0.4, -0.2) is 82.5 Å². The van der Waals surface area contributed by atoms with Crippen LogP contribution in [0.4, 0.5) is 0 Å². The molecular weight excluding hydrogens is 493 g/mol. The number of nitrogens with one attached hydrogen (secondary N) is 1. The van der Waals surface area contributed by atoms with Crippen LogP contribution >= 0.6 is 24.0 Å². The van der Waals surface area contributed by atoms with Gasteiger partial charge in [0.15, 0.2) is 11.8 Å². The highest BCUT2D eigenvalue weighted by Gasteiger charge is 2.28. The molecule has 1 aromatic rings. The van der Waals surface area contributed by atoms with Crippen molar-refractivity contribution in [3.05, 3.63) is 11.6 Å². The quantitative estimate of drug-likeness (QED) is 0.345. The second kappa shape index (κ2) is 11.6. The third-order valence-corrected chi connectivity index (χ3v) is 6.62. The fourth-order valence-corrected chi connectivity index (χ4v) is 4.69. The van der Waals surface area contributed by atoms with E-state index < -0.39 is 0 Å². The van der Waals surface area contributed by atoms with Crippen molar-refractivity contribution in [3.63, 3.8) is 0 Å². The van der Waals surface area contributed by atoms with Crippen molar-refractivity contribution in [1.29, 1.82) is 0 Å². The topological polar surface area (TPSA) is 70.8 Å². The highest BCUT2D eigenvalue weighted by Crippen LogP contribution is 2.20. The molecule has 0 spiro atoms. The number of piperidine rings is 1. The molecule has 1 N–H and O–H groups in total. The van der Waals surface area contributed by atoms with Crippen molar-refractivity contribution in [2.24, 2.45) is 18.0 Å². The average molecular weight is 531 g/mol. The van der Waals surface area contributed by atoms with Gasteiger partial charge in [0.2, 0.25) is 0 Å². The number of likely N-dealkylation sites (tertiary alicyclic amines) is 2. The zero-order valence-electron chi connectivity index (χ0n) is 18.6. The van der Waals surface area contributed by atoms with Gasteiger partial charge in [0.05, 0.1) is 6.10 Å². The number of rotatable bonds is 6. The first-order chi connectivity index (χ1) is 14.2. The maximum Gasteiger partial charge on any atom is 0.194 e. The maximum atomic E-state index is 5.80. The molecule has 3 aliphatic rings. The number of hydrogen-bond acceptors (Lipinski definition) is 5. The zero-order chi connectivity index (χ0) is 20.1. The zero-order valence-corrected chi connectivity index (χ0v) is 20.9. The van der Waals surface area contributed by atoms with Crippen LogP contribution in [0.25, 0.3) is 0 Å². The Morgan fingerprint density at radius 3 is 2.67 bits per heavy atom. The van der Waals surface area contributed by atoms with E-state index in [9.17, 15) is 0 Å². The normalized spacial score (nSPS) is 25.5. The predicted octanol–water partition coefficient (Wildman–Crippen LogP) is 2.17. The predicted molar refractivity (Wildman–Crippen MR) is 129 cm³/mol.